The van der Waals surface area contributed by atoms with Gasteiger partial charge in [-0.3, -0.25) is 14.2 Å². The number of benzene rings is 1. The Balaban J connectivity index is 1.28. The highest BCUT2D eigenvalue weighted by Gasteiger charge is 2.34. The number of piperidine rings is 1. The van der Waals surface area contributed by atoms with Crippen molar-refractivity contribution in [3.05, 3.63) is 58.6 Å². The van der Waals surface area contributed by atoms with Gasteiger partial charge in [0.2, 0.25) is 5.91 Å². The first kappa shape index (κ1) is 23.4. The normalized spacial score (nSPS) is 22.7. The lowest BCUT2D eigenvalue weighted by atomic mass is 9.91. The van der Waals surface area contributed by atoms with Crippen molar-refractivity contribution in [2.24, 2.45) is 5.73 Å². The molecule has 33 heavy (non-hydrogen) atoms. The van der Waals surface area contributed by atoms with Crippen LogP contribution in [0.5, 0.6) is 0 Å². The van der Waals surface area contributed by atoms with Crippen molar-refractivity contribution in [2.45, 2.75) is 75.6 Å². The second-order valence-corrected chi connectivity index (χ2v) is 9.53. The van der Waals surface area contributed by atoms with Gasteiger partial charge in [-0.2, -0.15) is 0 Å². The van der Waals surface area contributed by atoms with Crippen LogP contribution in [0.25, 0.3) is 0 Å². The first-order valence-electron chi connectivity index (χ1n) is 12.0. The Labute approximate surface area is 194 Å². The van der Waals surface area contributed by atoms with E-state index in [4.69, 9.17) is 5.73 Å². The van der Waals surface area contributed by atoms with Gasteiger partial charge in [0.15, 0.2) is 0 Å². The number of aromatic nitrogens is 2. The third-order valence-corrected chi connectivity index (χ3v) is 7.01. The van der Waals surface area contributed by atoms with E-state index in [-0.39, 0.29) is 30.1 Å². The van der Waals surface area contributed by atoms with E-state index in [1.54, 1.807) is 0 Å². The van der Waals surface area contributed by atoms with Crippen molar-refractivity contribution in [1.29, 1.82) is 0 Å². The molecule has 1 aliphatic heterocycles. The first-order valence-corrected chi connectivity index (χ1v) is 12.0. The molecule has 1 aliphatic carbocycles. The molecule has 0 spiro atoms. The van der Waals surface area contributed by atoms with Crippen molar-refractivity contribution in [3.8, 4) is 0 Å². The summed E-state index contributed by atoms with van der Waals surface area (Å²) in [5.41, 5.74) is 6.10. The number of carbonyl (C=O) groups is 1. The SMILES string of the molecule is N[C@H]1CCCC[C@H]1Nc1cc(=O)n(CC2(O)CCN(C(=O)CCc3ccccc3)CC2)cn1. The van der Waals surface area contributed by atoms with Crippen LogP contribution in [0.3, 0.4) is 0 Å². The molecular weight excluding hydrogens is 418 g/mol. The van der Waals surface area contributed by atoms with Gasteiger partial charge in [0, 0.05) is 37.7 Å². The summed E-state index contributed by atoms with van der Waals surface area (Å²) >= 11 is 0. The highest BCUT2D eigenvalue weighted by molar-refractivity contribution is 5.76. The van der Waals surface area contributed by atoms with Crippen LogP contribution < -0.4 is 16.6 Å². The molecule has 8 heteroatoms. The maximum atomic E-state index is 12.6. The highest BCUT2D eigenvalue weighted by atomic mass is 16.3. The number of rotatable bonds is 7. The van der Waals surface area contributed by atoms with Crippen LogP contribution in [-0.4, -0.2) is 56.2 Å². The minimum atomic E-state index is -1.03. The van der Waals surface area contributed by atoms with E-state index in [0.29, 0.717) is 44.6 Å². The van der Waals surface area contributed by atoms with Gasteiger partial charge in [-0.15, -0.1) is 0 Å². The van der Waals surface area contributed by atoms with E-state index in [2.05, 4.69) is 10.3 Å². The molecule has 0 bridgehead atoms. The van der Waals surface area contributed by atoms with Crippen molar-refractivity contribution in [3.63, 3.8) is 0 Å². The zero-order valence-electron chi connectivity index (χ0n) is 19.2. The maximum Gasteiger partial charge on any atom is 0.255 e. The molecule has 0 unspecified atom stereocenters. The summed E-state index contributed by atoms with van der Waals surface area (Å²) in [6.07, 6.45) is 7.78. The Kier molecular flexibility index (Phi) is 7.45. The zero-order valence-corrected chi connectivity index (χ0v) is 19.2. The van der Waals surface area contributed by atoms with Gasteiger partial charge < -0.3 is 21.1 Å². The van der Waals surface area contributed by atoms with Gasteiger partial charge in [-0.25, -0.2) is 4.98 Å². The predicted molar refractivity (Wildman–Crippen MR) is 128 cm³/mol. The van der Waals surface area contributed by atoms with E-state index in [0.717, 1.165) is 31.2 Å². The van der Waals surface area contributed by atoms with Gasteiger partial charge >= 0.3 is 0 Å². The lowest BCUT2D eigenvalue weighted by molar-refractivity contribution is -0.135. The van der Waals surface area contributed by atoms with Gasteiger partial charge in [-0.05, 0) is 37.7 Å². The molecule has 4 N–H and O–H groups in total. The highest BCUT2D eigenvalue weighted by Crippen LogP contribution is 2.25. The number of aliphatic hydroxyl groups is 1. The van der Waals surface area contributed by atoms with E-state index < -0.39 is 5.60 Å². The fourth-order valence-corrected chi connectivity index (χ4v) is 4.85. The Morgan fingerprint density at radius 2 is 1.91 bits per heavy atom. The maximum absolute atomic E-state index is 12.6. The molecule has 2 atom stereocenters. The minimum Gasteiger partial charge on any atom is -0.388 e. The van der Waals surface area contributed by atoms with E-state index in [1.165, 1.54) is 17.0 Å². The van der Waals surface area contributed by atoms with Crippen LogP contribution >= 0.6 is 0 Å². The van der Waals surface area contributed by atoms with Crippen molar-refractivity contribution in [1.82, 2.24) is 14.5 Å². The van der Waals surface area contributed by atoms with Crippen molar-refractivity contribution in [2.75, 3.05) is 18.4 Å². The molecule has 8 nitrogen and oxygen atoms in total. The average molecular weight is 454 g/mol. The second-order valence-electron chi connectivity index (χ2n) is 9.53. The fourth-order valence-electron chi connectivity index (χ4n) is 4.85. The topological polar surface area (TPSA) is 113 Å². The van der Waals surface area contributed by atoms with Crippen LogP contribution in [0.4, 0.5) is 5.82 Å². The number of hydrogen-bond acceptors (Lipinski definition) is 6. The van der Waals surface area contributed by atoms with Gasteiger partial charge in [0.1, 0.15) is 5.82 Å². The molecule has 2 aromatic rings. The molecule has 0 radical (unpaired) electrons. The molecular formula is C25H35N5O3. The molecule has 2 aliphatic rings. The van der Waals surface area contributed by atoms with Crippen LogP contribution in [0, 0.1) is 0 Å². The van der Waals surface area contributed by atoms with E-state index in [1.807, 2.05) is 35.2 Å². The van der Waals surface area contributed by atoms with Crippen LogP contribution in [0.1, 0.15) is 50.5 Å². The van der Waals surface area contributed by atoms with Gasteiger partial charge in [0.25, 0.3) is 5.56 Å². The number of amides is 1. The fraction of sp³-hybridized carbons (Fsp3) is 0.560. The molecule has 2 heterocycles. The molecule has 2 fully saturated rings. The lowest BCUT2D eigenvalue weighted by Gasteiger charge is -2.38. The monoisotopic (exact) mass is 453 g/mol. The summed E-state index contributed by atoms with van der Waals surface area (Å²) in [7, 11) is 0. The number of anilines is 1. The summed E-state index contributed by atoms with van der Waals surface area (Å²) < 4.78 is 1.46. The number of nitrogens with two attached hydrogens (primary N) is 1. The van der Waals surface area contributed by atoms with Gasteiger partial charge in [-0.1, -0.05) is 43.2 Å². The third-order valence-electron chi connectivity index (χ3n) is 7.01. The third kappa shape index (κ3) is 6.21. The van der Waals surface area contributed by atoms with E-state index >= 15 is 0 Å². The predicted octanol–water partition coefficient (Wildman–Crippen LogP) is 1.91. The summed E-state index contributed by atoms with van der Waals surface area (Å²) in [6, 6.07) is 11.7. The van der Waals surface area contributed by atoms with Crippen molar-refractivity contribution >= 4 is 11.7 Å². The zero-order chi connectivity index (χ0) is 23.3. The lowest BCUT2D eigenvalue weighted by Crippen LogP contribution is -2.49. The standard InChI is InChI=1S/C25H35N5O3/c26-20-8-4-5-9-21(20)28-22-16-24(32)30(18-27-22)17-25(33)12-14-29(15-13-25)23(31)11-10-19-6-2-1-3-7-19/h1-3,6-7,16,18,20-21,28,33H,4-5,8-15,17,26H2/t20-,21+/m0/s1. The van der Waals surface area contributed by atoms with Gasteiger partial charge in [0.05, 0.1) is 18.5 Å². The molecule has 1 aromatic heterocycles. The Bertz CT molecular complexity index is 985. The average Bonchev–Trinajstić information content (AvgIpc) is 2.82. The number of nitrogens with one attached hydrogen (secondary N) is 1. The van der Waals surface area contributed by atoms with Crippen LogP contribution in [0.15, 0.2) is 47.5 Å². The molecule has 1 aromatic carbocycles. The smallest absolute Gasteiger partial charge is 0.255 e. The quantitative estimate of drug-likeness (QED) is 0.590. The molecule has 178 valence electrons. The second kappa shape index (κ2) is 10.5. The number of nitrogens with zero attached hydrogens (tertiary/aromatic N) is 3. The van der Waals surface area contributed by atoms with Crippen LogP contribution in [0.2, 0.25) is 0 Å². The molecule has 1 amide bonds. The Morgan fingerprint density at radius 3 is 2.61 bits per heavy atom. The van der Waals surface area contributed by atoms with Crippen LogP contribution in [-0.2, 0) is 17.8 Å². The first-order chi connectivity index (χ1) is 15.9. The van der Waals surface area contributed by atoms with Crippen molar-refractivity contribution < 1.29 is 9.90 Å². The molecule has 1 saturated carbocycles. The number of aryl methyl sites for hydroxylation is 1. The van der Waals surface area contributed by atoms with E-state index in [9.17, 15) is 14.7 Å². The molecule has 4 rings (SSSR count). The minimum absolute atomic E-state index is 0.0734. The summed E-state index contributed by atoms with van der Waals surface area (Å²) in [5, 5.41) is 14.4. The number of carbonyl (C=O) groups excluding carboxylic acids is 1. The largest absolute Gasteiger partial charge is 0.388 e. The summed E-state index contributed by atoms with van der Waals surface area (Å²) in [6.45, 7) is 1.16. The molecule has 1 saturated heterocycles. The number of likely N-dealkylation sites (tertiary alicyclic amines) is 1. The summed E-state index contributed by atoms with van der Waals surface area (Å²) in [4.78, 5) is 31.4. The Morgan fingerprint density at radius 1 is 1.18 bits per heavy atom. The summed E-state index contributed by atoms with van der Waals surface area (Å²) in [5.74, 6) is 0.639. The Hall–Kier alpha value is -2.71. The number of hydrogen-bond donors (Lipinski definition) is 3.